The van der Waals surface area contributed by atoms with Crippen molar-refractivity contribution in [2.45, 2.75) is 25.2 Å². The molecule has 1 saturated carbocycles. The van der Waals surface area contributed by atoms with Gasteiger partial charge in [-0.2, -0.15) is 0 Å². The van der Waals surface area contributed by atoms with E-state index >= 15 is 0 Å². The molecule has 0 radical (unpaired) electrons. The first kappa shape index (κ1) is 7.34. The lowest BCUT2D eigenvalue weighted by atomic mass is 10.2. The molecule has 1 aliphatic carbocycles. The topological polar surface area (TPSA) is 69.1 Å². The summed E-state index contributed by atoms with van der Waals surface area (Å²) in [6.07, 6.45) is 2.52. The van der Waals surface area contributed by atoms with Crippen LogP contribution in [0.1, 0.15) is 30.2 Å². The van der Waals surface area contributed by atoms with E-state index in [1.807, 2.05) is 6.07 Å². The van der Waals surface area contributed by atoms with E-state index in [1.54, 1.807) is 0 Å². The van der Waals surface area contributed by atoms with E-state index in [9.17, 15) is 4.79 Å². The summed E-state index contributed by atoms with van der Waals surface area (Å²) in [4.78, 5) is 10.5. The SMILES string of the molecule is NC(=O)Cc1cc(C2CC2)on1. The molecule has 0 aliphatic heterocycles. The van der Waals surface area contributed by atoms with Gasteiger partial charge in [-0.15, -0.1) is 0 Å². The number of carbonyl (C=O) groups is 1. The van der Waals surface area contributed by atoms with Gasteiger partial charge in [0.15, 0.2) is 0 Å². The van der Waals surface area contributed by atoms with E-state index in [4.69, 9.17) is 10.3 Å². The molecule has 0 bridgehead atoms. The summed E-state index contributed by atoms with van der Waals surface area (Å²) >= 11 is 0. The van der Waals surface area contributed by atoms with Gasteiger partial charge in [-0.05, 0) is 12.8 Å². The fourth-order valence-corrected chi connectivity index (χ4v) is 1.15. The number of amides is 1. The van der Waals surface area contributed by atoms with Gasteiger partial charge in [0.25, 0.3) is 0 Å². The molecule has 12 heavy (non-hydrogen) atoms. The van der Waals surface area contributed by atoms with Crippen LogP contribution in [-0.4, -0.2) is 11.1 Å². The Hall–Kier alpha value is -1.32. The Balaban J connectivity index is 2.07. The Morgan fingerprint density at radius 3 is 3.08 bits per heavy atom. The summed E-state index contributed by atoms with van der Waals surface area (Å²) in [5, 5.41) is 3.74. The zero-order valence-electron chi connectivity index (χ0n) is 6.62. The second kappa shape index (κ2) is 2.62. The highest BCUT2D eigenvalue weighted by atomic mass is 16.5. The lowest BCUT2D eigenvalue weighted by Gasteiger charge is -1.84. The Morgan fingerprint density at radius 2 is 2.50 bits per heavy atom. The van der Waals surface area contributed by atoms with Gasteiger partial charge >= 0.3 is 0 Å². The van der Waals surface area contributed by atoms with Crippen molar-refractivity contribution in [2.24, 2.45) is 5.73 Å². The third kappa shape index (κ3) is 1.47. The molecule has 1 aromatic rings. The molecule has 0 atom stereocenters. The summed E-state index contributed by atoms with van der Waals surface area (Å²) < 4.78 is 5.03. The minimum atomic E-state index is -0.370. The van der Waals surface area contributed by atoms with Crippen LogP contribution in [0.3, 0.4) is 0 Å². The first-order valence-corrected chi connectivity index (χ1v) is 3.99. The summed E-state index contributed by atoms with van der Waals surface area (Å²) in [5.74, 6) is 1.07. The highest BCUT2D eigenvalue weighted by molar-refractivity contribution is 5.76. The summed E-state index contributed by atoms with van der Waals surface area (Å²) in [6.45, 7) is 0. The molecule has 0 aromatic carbocycles. The smallest absolute Gasteiger partial charge is 0.223 e. The first-order chi connectivity index (χ1) is 5.75. The molecule has 2 rings (SSSR count). The molecule has 0 saturated heterocycles. The van der Waals surface area contributed by atoms with Crippen LogP contribution < -0.4 is 5.73 Å². The minimum absolute atomic E-state index is 0.177. The van der Waals surface area contributed by atoms with Gasteiger partial charge in [0, 0.05) is 12.0 Å². The Bertz CT molecular complexity index is 302. The van der Waals surface area contributed by atoms with Crippen molar-refractivity contribution >= 4 is 5.91 Å². The van der Waals surface area contributed by atoms with Gasteiger partial charge in [-0.25, -0.2) is 0 Å². The van der Waals surface area contributed by atoms with Crippen molar-refractivity contribution in [1.29, 1.82) is 0 Å². The molecule has 1 heterocycles. The highest BCUT2D eigenvalue weighted by Crippen LogP contribution is 2.40. The average molecular weight is 166 g/mol. The summed E-state index contributed by atoms with van der Waals surface area (Å²) in [6, 6.07) is 1.82. The van der Waals surface area contributed by atoms with Gasteiger partial charge in [0.1, 0.15) is 5.76 Å². The molecule has 0 spiro atoms. The number of primary amides is 1. The number of carbonyl (C=O) groups excluding carboxylic acids is 1. The van der Waals surface area contributed by atoms with E-state index in [1.165, 1.54) is 12.8 Å². The van der Waals surface area contributed by atoms with Gasteiger partial charge in [0.05, 0.1) is 12.1 Å². The van der Waals surface area contributed by atoms with Crippen molar-refractivity contribution < 1.29 is 9.32 Å². The Labute approximate surface area is 69.7 Å². The Kier molecular flexibility index (Phi) is 1.60. The number of hydrogen-bond donors (Lipinski definition) is 1. The predicted octanol–water partition coefficient (Wildman–Crippen LogP) is 0.580. The normalized spacial score (nSPS) is 16.3. The van der Waals surface area contributed by atoms with Crippen LogP contribution in [0.4, 0.5) is 0 Å². The van der Waals surface area contributed by atoms with Crippen LogP contribution in [0.15, 0.2) is 10.6 Å². The summed E-state index contributed by atoms with van der Waals surface area (Å²) in [5.41, 5.74) is 5.65. The van der Waals surface area contributed by atoms with Gasteiger partial charge < -0.3 is 10.3 Å². The number of hydrogen-bond acceptors (Lipinski definition) is 3. The van der Waals surface area contributed by atoms with Crippen molar-refractivity contribution in [1.82, 2.24) is 5.16 Å². The molecular formula is C8H10N2O2. The van der Waals surface area contributed by atoms with E-state index in [2.05, 4.69) is 5.16 Å². The second-order valence-corrected chi connectivity index (χ2v) is 3.14. The van der Waals surface area contributed by atoms with E-state index in [0.29, 0.717) is 11.6 Å². The van der Waals surface area contributed by atoms with Gasteiger partial charge in [0.2, 0.25) is 5.91 Å². The number of nitrogens with two attached hydrogens (primary N) is 1. The van der Waals surface area contributed by atoms with Gasteiger partial charge in [-0.3, -0.25) is 4.79 Å². The fraction of sp³-hybridized carbons (Fsp3) is 0.500. The maximum absolute atomic E-state index is 10.5. The maximum Gasteiger partial charge on any atom is 0.223 e. The molecule has 1 fully saturated rings. The Morgan fingerprint density at radius 1 is 1.75 bits per heavy atom. The molecule has 0 unspecified atom stereocenters. The average Bonchev–Trinajstić information content (AvgIpc) is 2.73. The number of rotatable bonds is 3. The van der Waals surface area contributed by atoms with E-state index in [0.717, 1.165) is 5.76 Å². The molecule has 64 valence electrons. The highest BCUT2D eigenvalue weighted by Gasteiger charge is 2.27. The van der Waals surface area contributed by atoms with Crippen LogP contribution in [0.2, 0.25) is 0 Å². The number of nitrogens with zero attached hydrogens (tertiary/aromatic N) is 1. The molecule has 4 heteroatoms. The largest absolute Gasteiger partial charge is 0.369 e. The standard InChI is InChI=1S/C8H10N2O2/c9-8(11)4-6-3-7(12-10-6)5-1-2-5/h3,5H,1-2,4H2,(H2,9,11). The molecule has 2 N–H and O–H groups in total. The third-order valence-corrected chi connectivity index (χ3v) is 1.91. The lowest BCUT2D eigenvalue weighted by Crippen LogP contribution is -2.13. The predicted molar refractivity (Wildman–Crippen MR) is 41.4 cm³/mol. The van der Waals surface area contributed by atoms with Crippen LogP contribution in [0.25, 0.3) is 0 Å². The maximum atomic E-state index is 10.5. The van der Waals surface area contributed by atoms with E-state index in [-0.39, 0.29) is 12.3 Å². The van der Waals surface area contributed by atoms with Crippen LogP contribution in [0.5, 0.6) is 0 Å². The van der Waals surface area contributed by atoms with Crippen LogP contribution in [-0.2, 0) is 11.2 Å². The molecule has 1 aliphatic rings. The third-order valence-electron chi connectivity index (χ3n) is 1.91. The lowest BCUT2D eigenvalue weighted by molar-refractivity contribution is -0.117. The summed E-state index contributed by atoms with van der Waals surface area (Å²) in [7, 11) is 0. The first-order valence-electron chi connectivity index (χ1n) is 3.99. The molecule has 1 amide bonds. The molecule has 4 nitrogen and oxygen atoms in total. The zero-order valence-corrected chi connectivity index (χ0v) is 6.62. The quantitative estimate of drug-likeness (QED) is 0.714. The van der Waals surface area contributed by atoms with Crippen LogP contribution in [0, 0.1) is 0 Å². The fourth-order valence-electron chi connectivity index (χ4n) is 1.15. The molecule has 1 aromatic heterocycles. The van der Waals surface area contributed by atoms with Crippen molar-refractivity contribution in [3.8, 4) is 0 Å². The van der Waals surface area contributed by atoms with Crippen molar-refractivity contribution in [3.63, 3.8) is 0 Å². The monoisotopic (exact) mass is 166 g/mol. The minimum Gasteiger partial charge on any atom is -0.369 e. The molecular weight excluding hydrogens is 156 g/mol. The number of aromatic nitrogens is 1. The second-order valence-electron chi connectivity index (χ2n) is 3.14. The van der Waals surface area contributed by atoms with Crippen molar-refractivity contribution in [2.75, 3.05) is 0 Å². The zero-order chi connectivity index (χ0) is 8.55. The van der Waals surface area contributed by atoms with Crippen LogP contribution >= 0.6 is 0 Å². The van der Waals surface area contributed by atoms with Gasteiger partial charge in [-0.1, -0.05) is 5.16 Å². The van der Waals surface area contributed by atoms with E-state index < -0.39 is 0 Å². The van der Waals surface area contributed by atoms with Crippen molar-refractivity contribution in [3.05, 3.63) is 17.5 Å².